The van der Waals surface area contributed by atoms with E-state index >= 15 is 0 Å². The minimum atomic E-state index is -3.52. The Hall–Kier alpha value is -1.97. The van der Waals surface area contributed by atoms with Crippen molar-refractivity contribution >= 4 is 21.9 Å². The van der Waals surface area contributed by atoms with Crippen LogP contribution >= 0.6 is 0 Å². The van der Waals surface area contributed by atoms with Crippen molar-refractivity contribution in [2.45, 2.75) is 30.8 Å². The Morgan fingerprint density at radius 3 is 2.33 bits per heavy atom. The average molecular weight is 398 g/mol. The van der Waals surface area contributed by atoms with Crippen molar-refractivity contribution in [3.05, 3.63) is 29.8 Å². The van der Waals surface area contributed by atoms with E-state index in [0.29, 0.717) is 32.7 Å². The highest BCUT2D eigenvalue weighted by atomic mass is 32.2. The number of hydrogen-bond donors (Lipinski definition) is 0. The molecule has 1 aliphatic rings. The second kappa shape index (κ2) is 9.29. The lowest BCUT2D eigenvalue weighted by Gasteiger charge is -2.26. The maximum absolute atomic E-state index is 12.6. The van der Waals surface area contributed by atoms with Gasteiger partial charge in [0.05, 0.1) is 18.1 Å². The molecule has 0 unspecified atom stereocenters. The van der Waals surface area contributed by atoms with E-state index in [1.165, 1.54) is 16.1 Å². The standard InChI is InChI=1S/C18H26N2O6S/c1-14(18(22)19(2)3)26-17(21)9-6-15-4-7-16(8-5-15)27(23,24)20-10-12-25-13-11-20/h4-5,7-8,14H,6,9-13H2,1-3H3/t14-/m0/s1. The van der Waals surface area contributed by atoms with Crippen molar-refractivity contribution < 1.29 is 27.5 Å². The molecule has 0 spiro atoms. The summed E-state index contributed by atoms with van der Waals surface area (Å²) in [7, 11) is -0.331. The lowest BCUT2D eigenvalue weighted by atomic mass is 10.1. The summed E-state index contributed by atoms with van der Waals surface area (Å²) in [6.45, 7) is 3.02. The Morgan fingerprint density at radius 2 is 1.78 bits per heavy atom. The van der Waals surface area contributed by atoms with Crippen LogP contribution in [0.15, 0.2) is 29.2 Å². The fraction of sp³-hybridized carbons (Fsp3) is 0.556. The molecule has 1 fully saturated rings. The molecule has 2 rings (SSSR count). The molecule has 9 heteroatoms. The average Bonchev–Trinajstić information content (AvgIpc) is 2.66. The lowest BCUT2D eigenvalue weighted by molar-refractivity contribution is -0.157. The number of sulfonamides is 1. The van der Waals surface area contributed by atoms with Crippen molar-refractivity contribution in [1.82, 2.24) is 9.21 Å². The van der Waals surface area contributed by atoms with Crippen LogP contribution < -0.4 is 0 Å². The molecular weight excluding hydrogens is 372 g/mol. The van der Waals surface area contributed by atoms with E-state index < -0.39 is 22.1 Å². The van der Waals surface area contributed by atoms with Crippen LogP contribution in [0.1, 0.15) is 18.9 Å². The van der Waals surface area contributed by atoms with Gasteiger partial charge in [0.25, 0.3) is 5.91 Å². The summed E-state index contributed by atoms with van der Waals surface area (Å²) in [5, 5.41) is 0. The van der Waals surface area contributed by atoms with Gasteiger partial charge < -0.3 is 14.4 Å². The molecule has 1 heterocycles. The number of esters is 1. The highest BCUT2D eigenvalue weighted by Crippen LogP contribution is 2.18. The van der Waals surface area contributed by atoms with Crippen LogP contribution in [0.5, 0.6) is 0 Å². The maximum atomic E-state index is 12.6. The van der Waals surface area contributed by atoms with E-state index in [-0.39, 0.29) is 17.2 Å². The number of carbonyl (C=O) groups is 2. The monoisotopic (exact) mass is 398 g/mol. The summed E-state index contributed by atoms with van der Waals surface area (Å²) in [6, 6.07) is 6.47. The fourth-order valence-corrected chi connectivity index (χ4v) is 4.09. The third-order valence-corrected chi connectivity index (χ3v) is 6.16. The number of likely N-dealkylation sites (N-methyl/N-ethyl adjacent to an activating group) is 1. The van der Waals surface area contributed by atoms with Gasteiger partial charge in [-0.15, -0.1) is 0 Å². The quantitative estimate of drug-likeness (QED) is 0.627. The number of nitrogens with zero attached hydrogens (tertiary/aromatic N) is 2. The lowest BCUT2D eigenvalue weighted by Crippen LogP contribution is -2.40. The molecule has 0 aliphatic carbocycles. The van der Waals surface area contributed by atoms with Crippen molar-refractivity contribution in [2.75, 3.05) is 40.4 Å². The highest BCUT2D eigenvalue weighted by molar-refractivity contribution is 7.89. The first-order valence-corrected chi connectivity index (χ1v) is 10.2. The normalized spacial score (nSPS) is 16.6. The van der Waals surface area contributed by atoms with Gasteiger partial charge >= 0.3 is 5.97 Å². The summed E-state index contributed by atoms with van der Waals surface area (Å²) in [4.78, 5) is 25.2. The second-order valence-corrected chi connectivity index (χ2v) is 8.46. The van der Waals surface area contributed by atoms with E-state index in [1.807, 2.05) is 0 Å². The van der Waals surface area contributed by atoms with Crippen LogP contribution in [-0.4, -0.2) is 76.0 Å². The second-order valence-electron chi connectivity index (χ2n) is 6.53. The zero-order valence-electron chi connectivity index (χ0n) is 15.9. The van der Waals surface area contributed by atoms with Crippen LogP contribution in [0.4, 0.5) is 0 Å². The molecule has 0 aromatic heterocycles. The van der Waals surface area contributed by atoms with Gasteiger partial charge in [-0.25, -0.2) is 8.42 Å². The van der Waals surface area contributed by atoms with Crippen LogP contribution in [0.2, 0.25) is 0 Å². The van der Waals surface area contributed by atoms with E-state index in [4.69, 9.17) is 9.47 Å². The third kappa shape index (κ3) is 5.75. The van der Waals surface area contributed by atoms with Gasteiger partial charge in [0.2, 0.25) is 10.0 Å². The number of morpholine rings is 1. The Kier molecular flexibility index (Phi) is 7.34. The summed E-state index contributed by atoms with van der Waals surface area (Å²) >= 11 is 0. The molecular formula is C18H26N2O6S. The number of ether oxygens (including phenoxy) is 2. The van der Waals surface area contributed by atoms with Gasteiger partial charge in [0.1, 0.15) is 0 Å². The van der Waals surface area contributed by atoms with E-state index in [2.05, 4.69) is 0 Å². The first-order valence-electron chi connectivity index (χ1n) is 8.79. The van der Waals surface area contributed by atoms with Gasteiger partial charge in [0, 0.05) is 33.6 Å². The molecule has 1 aliphatic heterocycles. The SMILES string of the molecule is C[C@H](OC(=O)CCc1ccc(S(=O)(=O)N2CCOCC2)cc1)C(=O)N(C)C. The van der Waals surface area contributed by atoms with Gasteiger partial charge in [-0.3, -0.25) is 9.59 Å². The van der Waals surface area contributed by atoms with Crippen LogP contribution in [0, 0.1) is 0 Å². The molecule has 8 nitrogen and oxygen atoms in total. The summed E-state index contributed by atoms with van der Waals surface area (Å²) in [5.74, 6) is -0.747. The number of benzene rings is 1. The van der Waals surface area contributed by atoms with Crippen molar-refractivity contribution in [3.8, 4) is 0 Å². The minimum absolute atomic E-state index is 0.112. The van der Waals surface area contributed by atoms with Crippen LogP contribution in [-0.2, 0) is 35.5 Å². The number of amides is 1. The molecule has 1 aromatic carbocycles. The molecule has 0 saturated carbocycles. The number of carbonyl (C=O) groups excluding carboxylic acids is 2. The van der Waals surface area contributed by atoms with Gasteiger partial charge in [-0.05, 0) is 31.0 Å². The number of hydrogen-bond acceptors (Lipinski definition) is 6. The molecule has 1 saturated heterocycles. The summed E-state index contributed by atoms with van der Waals surface area (Å²) < 4.78 is 36.8. The van der Waals surface area contributed by atoms with Gasteiger partial charge in [-0.1, -0.05) is 12.1 Å². The Labute approximate surface area is 160 Å². The maximum Gasteiger partial charge on any atom is 0.306 e. The molecule has 1 amide bonds. The van der Waals surface area contributed by atoms with Gasteiger partial charge in [0.15, 0.2) is 6.10 Å². The Bertz CT molecular complexity index is 755. The molecule has 0 N–H and O–H groups in total. The Morgan fingerprint density at radius 1 is 1.19 bits per heavy atom. The largest absolute Gasteiger partial charge is 0.453 e. The molecule has 150 valence electrons. The van der Waals surface area contributed by atoms with Crippen molar-refractivity contribution in [2.24, 2.45) is 0 Å². The van der Waals surface area contributed by atoms with Crippen molar-refractivity contribution in [1.29, 1.82) is 0 Å². The smallest absolute Gasteiger partial charge is 0.306 e. The molecule has 1 aromatic rings. The molecule has 1 atom stereocenters. The van der Waals surface area contributed by atoms with Crippen LogP contribution in [0.3, 0.4) is 0 Å². The molecule has 27 heavy (non-hydrogen) atoms. The summed E-state index contributed by atoms with van der Waals surface area (Å²) in [6.07, 6.45) is -0.311. The zero-order chi connectivity index (χ0) is 20.0. The van der Waals surface area contributed by atoms with E-state index in [0.717, 1.165) is 5.56 Å². The number of aryl methyl sites for hydroxylation is 1. The third-order valence-electron chi connectivity index (χ3n) is 4.25. The van der Waals surface area contributed by atoms with Gasteiger partial charge in [-0.2, -0.15) is 4.31 Å². The topological polar surface area (TPSA) is 93.2 Å². The minimum Gasteiger partial charge on any atom is -0.453 e. The Balaban J connectivity index is 1.90. The number of rotatable bonds is 7. The first kappa shape index (κ1) is 21.3. The van der Waals surface area contributed by atoms with Crippen LogP contribution in [0.25, 0.3) is 0 Å². The van der Waals surface area contributed by atoms with E-state index in [9.17, 15) is 18.0 Å². The summed E-state index contributed by atoms with van der Waals surface area (Å²) in [5.41, 5.74) is 0.819. The predicted octanol–water partition coefficient (Wildman–Crippen LogP) is 0.660. The van der Waals surface area contributed by atoms with E-state index in [1.54, 1.807) is 38.4 Å². The zero-order valence-corrected chi connectivity index (χ0v) is 16.7. The van der Waals surface area contributed by atoms with Crippen molar-refractivity contribution in [3.63, 3.8) is 0 Å². The highest BCUT2D eigenvalue weighted by Gasteiger charge is 2.26. The fourth-order valence-electron chi connectivity index (χ4n) is 2.68. The first-order chi connectivity index (χ1) is 12.7. The molecule has 0 bridgehead atoms. The predicted molar refractivity (Wildman–Crippen MR) is 98.6 cm³/mol. The molecule has 0 radical (unpaired) electrons.